The quantitative estimate of drug-likeness (QED) is 0.506. The molecule has 3 aliphatic rings. The van der Waals surface area contributed by atoms with Gasteiger partial charge in [-0.2, -0.15) is 4.98 Å². The second kappa shape index (κ2) is 8.47. The van der Waals surface area contributed by atoms with E-state index in [0.29, 0.717) is 23.6 Å². The molecule has 1 unspecified atom stereocenters. The minimum Gasteiger partial charge on any atom is -0.381 e. The van der Waals surface area contributed by atoms with Crippen molar-refractivity contribution in [3.63, 3.8) is 0 Å². The number of rotatable bonds is 4. The summed E-state index contributed by atoms with van der Waals surface area (Å²) in [5, 5.41) is 16.1. The SMILES string of the molecule is Cc1cc(C#CC(C)O)ccc1Nc1nc(NC2CCOCC2)c2ncnc-2[nH]1. The predicted octanol–water partition coefficient (Wildman–Crippen LogP) is 2.68. The Kier molecular flexibility index (Phi) is 5.60. The van der Waals surface area contributed by atoms with Crippen LogP contribution in [0.5, 0.6) is 0 Å². The lowest BCUT2D eigenvalue weighted by molar-refractivity contribution is 0.0904. The fourth-order valence-electron chi connectivity index (χ4n) is 3.23. The maximum Gasteiger partial charge on any atom is 0.208 e. The van der Waals surface area contributed by atoms with Crippen LogP contribution in [0.15, 0.2) is 24.5 Å². The average Bonchev–Trinajstić information content (AvgIpc) is 3.18. The van der Waals surface area contributed by atoms with Crippen molar-refractivity contribution in [2.75, 3.05) is 23.8 Å². The second-order valence-corrected chi connectivity index (χ2v) is 7.14. The van der Waals surface area contributed by atoms with E-state index in [4.69, 9.17) is 9.72 Å². The standard InChI is InChI=1S/C21H24N6O2/c1-13-11-15(4-3-14(2)28)5-6-17(13)25-21-26-19-18(22-12-23-19)20(27-21)24-16-7-9-29-10-8-16/h5-6,11-12,14,16,28H,7-10H2,1-2H3,(H3,22,23,24,25,26,27). The van der Waals surface area contributed by atoms with E-state index < -0.39 is 6.10 Å². The molecular formula is C21H24N6O2. The molecule has 0 bridgehead atoms. The van der Waals surface area contributed by atoms with E-state index in [9.17, 15) is 5.11 Å². The minimum absolute atomic E-state index is 0.305. The summed E-state index contributed by atoms with van der Waals surface area (Å²) < 4.78 is 5.44. The van der Waals surface area contributed by atoms with Gasteiger partial charge in [0, 0.05) is 30.5 Å². The highest BCUT2D eigenvalue weighted by Crippen LogP contribution is 2.28. The van der Waals surface area contributed by atoms with Gasteiger partial charge >= 0.3 is 0 Å². The van der Waals surface area contributed by atoms with Crippen molar-refractivity contribution >= 4 is 17.5 Å². The molecular weight excluding hydrogens is 368 g/mol. The number of aliphatic hydroxyl groups is 1. The number of nitrogens with zero attached hydrogens (tertiary/aromatic N) is 3. The van der Waals surface area contributed by atoms with Crippen molar-refractivity contribution in [3.8, 4) is 23.4 Å². The van der Waals surface area contributed by atoms with Crippen LogP contribution in [0.1, 0.15) is 30.9 Å². The third-order valence-corrected chi connectivity index (χ3v) is 4.75. The number of fused-ring (bicyclic) bond motifs is 1. The monoisotopic (exact) mass is 392 g/mol. The van der Waals surface area contributed by atoms with Crippen LogP contribution in [0.25, 0.3) is 11.5 Å². The third kappa shape index (κ3) is 4.65. The smallest absolute Gasteiger partial charge is 0.208 e. The Morgan fingerprint density at radius 2 is 2.10 bits per heavy atom. The van der Waals surface area contributed by atoms with E-state index in [0.717, 1.165) is 48.6 Å². The maximum absolute atomic E-state index is 9.32. The normalized spacial score (nSPS) is 15.6. The number of hydrogen-bond acceptors (Lipinski definition) is 7. The number of imidazole rings is 1. The van der Waals surface area contributed by atoms with E-state index in [-0.39, 0.29) is 0 Å². The number of aryl methyl sites for hydroxylation is 1. The number of hydrogen-bond donors (Lipinski definition) is 4. The Balaban J connectivity index is 1.58. The van der Waals surface area contributed by atoms with Crippen molar-refractivity contribution in [1.82, 2.24) is 19.9 Å². The Bertz CT molecular complexity index is 1010. The average molecular weight is 392 g/mol. The van der Waals surface area contributed by atoms with Gasteiger partial charge in [0.15, 0.2) is 11.6 Å². The zero-order valence-corrected chi connectivity index (χ0v) is 16.5. The van der Waals surface area contributed by atoms with Gasteiger partial charge < -0.3 is 25.5 Å². The summed E-state index contributed by atoms with van der Waals surface area (Å²) in [6.07, 6.45) is 2.76. The molecule has 150 valence electrons. The molecule has 0 aliphatic carbocycles. The first kappa shape index (κ1) is 19.2. The molecule has 0 saturated carbocycles. The summed E-state index contributed by atoms with van der Waals surface area (Å²) in [4.78, 5) is 16.5. The van der Waals surface area contributed by atoms with E-state index >= 15 is 0 Å². The molecule has 8 heteroatoms. The first-order valence-corrected chi connectivity index (χ1v) is 9.71. The molecule has 1 aromatic carbocycles. The lowest BCUT2D eigenvalue weighted by Gasteiger charge is -2.24. The molecule has 1 saturated heterocycles. The zero-order valence-electron chi connectivity index (χ0n) is 16.5. The van der Waals surface area contributed by atoms with Crippen molar-refractivity contribution in [2.24, 2.45) is 0 Å². The summed E-state index contributed by atoms with van der Waals surface area (Å²) in [5.41, 5.74) is 3.50. The van der Waals surface area contributed by atoms with E-state index in [1.165, 1.54) is 6.33 Å². The molecule has 0 spiro atoms. The number of ether oxygens (including phenoxy) is 1. The first-order chi connectivity index (χ1) is 14.1. The molecule has 3 aliphatic heterocycles. The molecule has 0 amide bonds. The number of H-pyrrole nitrogens is 1. The topological polar surface area (TPSA) is 108 Å². The third-order valence-electron chi connectivity index (χ3n) is 4.75. The number of aromatic nitrogens is 4. The van der Waals surface area contributed by atoms with Crippen LogP contribution in [-0.4, -0.2) is 50.4 Å². The van der Waals surface area contributed by atoms with Crippen LogP contribution in [0, 0.1) is 18.8 Å². The highest BCUT2D eigenvalue weighted by molar-refractivity contribution is 5.71. The largest absolute Gasteiger partial charge is 0.381 e. The van der Waals surface area contributed by atoms with Crippen LogP contribution in [0.3, 0.4) is 0 Å². The Hall–Kier alpha value is -3.15. The van der Waals surface area contributed by atoms with Crippen molar-refractivity contribution in [1.29, 1.82) is 0 Å². The fourth-order valence-corrected chi connectivity index (χ4v) is 3.23. The highest BCUT2D eigenvalue weighted by atomic mass is 16.5. The molecule has 8 nitrogen and oxygen atoms in total. The van der Waals surface area contributed by atoms with Crippen LogP contribution in [0.2, 0.25) is 0 Å². The number of anilines is 3. The fraction of sp³-hybridized carbons (Fsp3) is 0.381. The molecule has 4 N–H and O–H groups in total. The molecule has 1 atom stereocenters. The lowest BCUT2D eigenvalue weighted by atomic mass is 10.1. The molecule has 1 fully saturated rings. The summed E-state index contributed by atoms with van der Waals surface area (Å²) >= 11 is 0. The predicted molar refractivity (Wildman–Crippen MR) is 111 cm³/mol. The number of nitrogens with one attached hydrogen (secondary N) is 3. The van der Waals surface area contributed by atoms with Gasteiger partial charge in [0.2, 0.25) is 5.95 Å². The van der Waals surface area contributed by atoms with E-state index in [1.54, 1.807) is 6.92 Å². The number of aromatic amines is 1. The lowest BCUT2D eigenvalue weighted by Crippen LogP contribution is -2.28. The summed E-state index contributed by atoms with van der Waals surface area (Å²) in [5.74, 6) is 7.69. The van der Waals surface area contributed by atoms with Gasteiger partial charge in [0.05, 0.1) is 0 Å². The second-order valence-electron chi connectivity index (χ2n) is 7.14. The number of benzene rings is 1. The summed E-state index contributed by atoms with van der Waals surface area (Å²) in [6, 6.07) is 6.13. The van der Waals surface area contributed by atoms with Crippen molar-refractivity contribution < 1.29 is 9.84 Å². The molecule has 3 heterocycles. The van der Waals surface area contributed by atoms with Gasteiger partial charge in [-0.15, -0.1) is 0 Å². The zero-order chi connectivity index (χ0) is 20.2. The molecule has 1 aromatic rings. The molecule has 0 radical (unpaired) electrons. The Labute approximate surface area is 169 Å². The molecule has 4 rings (SSSR count). The van der Waals surface area contributed by atoms with Gasteiger partial charge in [-0.25, -0.2) is 9.97 Å². The van der Waals surface area contributed by atoms with Gasteiger partial charge in [-0.1, -0.05) is 11.8 Å². The van der Waals surface area contributed by atoms with Gasteiger partial charge in [-0.05, 0) is 50.5 Å². The number of aliphatic hydroxyl groups excluding tert-OH is 1. The van der Waals surface area contributed by atoms with Gasteiger partial charge in [0.25, 0.3) is 0 Å². The Morgan fingerprint density at radius 3 is 2.86 bits per heavy atom. The van der Waals surface area contributed by atoms with Crippen LogP contribution < -0.4 is 10.6 Å². The van der Waals surface area contributed by atoms with Crippen LogP contribution in [0.4, 0.5) is 17.5 Å². The highest BCUT2D eigenvalue weighted by Gasteiger charge is 2.20. The van der Waals surface area contributed by atoms with Gasteiger partial charge in [-0.3, -0.25) is 0 Å². The Morgan fingerprint density at radius 1 is 1.28 bits per heavy atom. The summed E-state index contributed by atoms with van der Waals surface area (Å²) in [6.45, 7) is 5.14. The molecule has 29 heavy (non-hydrogen) atoms. The van der Waals surface area contributed by atoms with E-state index in [2.05, 4.69) is 37.4 Å². The van der Waals surface area contributed by atoms with Crippen molar-refractivity contribution in [3.05, 3.63) is 35.7 Å². The minimum atomic E-state index is -0.647. The summed E-state index contributed by atoms with van der Waals surface area (Å²) in [7, 11) is 0. The van der Waals surface area contributed by atoms with Crippen molar-refractivity contribution in [2.45, 2.75) is 38.8 Å². The van der Waals surface area contributed by atoms with E-state index in [1.807, 2.05) is 25.1 Å². The maximum atomic E-state index is 9.32. The first-order valence-electron chi connectivity index (χ1n) is 9.71. The van der Waals surface area contributed by atoms with Crippen LogP contribution >= 0.6 is 0 Å². The van der Waals surface area contributed by atoms with Gasteiger partial charge in [0.1, 0.15) is 18.1 Å². The van der Waals surface area contributed by atoms with Crippen LogP contribution in [-0.2, 0) is 4.74 Å². The molecule has 0 aromatic heterocycles.